The van der Waals surface area contributed by atoms with E-state index >= 15 is 0 Å². The molecule has 0 atom stereocenters. The summed E-state index contributed by atoms with van der Waals surface area (Å²) >= 11 is 1.23. The van der Waals surface area contributed by atoms with E-state index in [1.54, 1.807) is 17.0 Å². The van der Waals surface area contributed by atoms with E-state index in [4.69, 9.17) is 0 Å². The van der Waals surface area contributed by atoms with Gasteiger partial charge < -0.3 is 4.90 Å². The van der Waals surface area contributed by atoms with Crippen molar-refractivity contribution in [2.24, 2.45) is 0 Å². The average Bonchev–Trinajstić information content (AvgIpc) is 2.90. The molecule has 0 radical (unpaired) electrons. The van der Waals surface area contributed by atoms with Crippen LogP contribution >= 0.6 is 11.3 Å². The Morgan fingerprint density at radius 1 is 1.22 bits per heavy atom. The summed E-state index contributed by atoms with van der Waals surface area (Å²) in [5, 5.41) is 0. The van der Waals surface area contributed by atoms with E-state index in [1.807, 2.05) is 38.1 Å². The van der Waals surface area contributed by atoms with Gasteiger partial charge in [-0.3, -0.25) is 4.79 Å². The van der Waals surface area contributed by atoms with Crippen LogP contribution in [0.25, 0.3) is 0 Å². The van der Waals surface area contributed by atoms with Crippen molar-refractivity contribution in [1.29, 1.82) is 0 Å². The number of carbonyl (C=O) groups is 1. The lowest BCUT2D eigenvalue weighted by molar-refractivity contribution is -0.116. The second-order valence-electron chi connectivity index (χ2n) is 5.27. The van der Waals surface area contributed by atoms with E-state index in [0.29, 0.717) is 4.21 Å². The minimum Gasteiger partial charge on any atom is -0.311 e. The fourth-order valence-electron chi connectivity index (χ4n) is 2.18. The zero-order valence-electron chi connectivity index (χ0n) is 13.4. The number of hydrogen-bond donors (Lipinski definition) is 1. The summed E-state index contributed by atoms with van der Waals surface area (Å²) in [6.45, 7) is 5.72. The summed E-state index contributed by atoms with van der Waals surface area (Å²) < 4.78 is 27.2. The molecule has 1 amide bonds. The molecule has 1 heterocycles. The smallest absolute Gasteiger partial charge is 0.250 e. The van der Waals surface area contributed by atoms with Crippen LogP contribution in [0, 0.1) is 13.8 Å². The molecule has 0 aliphatic carbocycles. The first-order chi connectivity index (χ1) is 10.8. The van der Waals surface area contributed by atoms with Crippen LogP contribution in [0.2, 0.25) is 0 Å². The minimum atomic E-state index is -3.52. The molecule has 1 aromatic carbocycles. The van der Waals surface area contributed by atoms with Crippen LogP contribution in [-0.4, -0.2) is 27.4 Å². The van der Waals surface area contributed by atoms with Crippen molar-refractivity contribution in [2.75, 3.05) is 18.0 Å². The highest BCUT2D eigenvalue weighted by atomic mass is 32.2. The van der Waals surface area contributed by atoms with Gasteiger partial charge in [-0.2, -0.15) is 0 Å². The van der Waals surface area contributed by atoms with Gasteiger partial charge in [0.1, 0.15) is 4.21 Å². The number of sulfonamides is 1. The van der Waals surface area contributed by atoms with E-state index in [-0.39, 0.29) is 19.0 Å². The number of aryl methyl sites for hydroxylation is 2. The van der Waals surface area contributed by atoms with E-state index in [9.17, 15) is 13.2 Å². The predicted octanol–water partition coefficient (Wildman–Crippen LogP) is 2.70. The molecule has 2 rings (SSSR count). The quantitative estimate of drug-likeness (QED) is 0.869. The molecule has 0 bridgehead atoms. The van der Waals surface area contributed by atoms with Crippen molar-refractivity contribution in [3.63, 3.8) is 0 Å². The summed E-state index contributed by atoms with van der Waals surface area (Å²) in [6.07, 6.45) is 0. The van der Waals surface area contributed by atoms with Crippen molar-refractivity contribution < 1.29 is 13.2 Å². The van der Waals surface area contributed by atoms with E-state index < -0.39 is 10.0 Å². The molecule has 0 saturated heterocycles. The second-order valence-corrected chi connectivity index (χ2v) is 8.55. The largest absolute Gasteiger partial charge is 0.311 e. The first-order valence-electron chi connectivity index (χ1n) is 7.20. The molecule has 0 spiro atoms. The maximum atomic E-state index is 12.2. The predicted molar refractivity (Wildman–Crippen MR) is 93.5 cm³/mol. The Bertz CT molecular complexity index is 797. The number of benzene rings is 1. The maximum absolute atomic E-state index is 12.2. The highest BCUT2D eigenvalue weighted by molar-refractivity contribution is 7.91. The molecule has 1 aromatic heterocycles. The summed E-state index contributed by atoms with van der Waals surface area (Å²) in [5.74, 6) is -0.123. The number of anilines is 1. The van der Waals surface area contributed by atoms with Gasteiger partial charge in [-0.1, -0.05) is 12.1 Å². The highest BCUT2D eigenvalue weighted by Crippen LogP contribution is 2.20. The Kier molecular flexibility index (Phi) is 5.56. The lowest BCUT2D eigenvalue weighted by Gasteiger charge is -2.21. The van der Waals surface area contributed by atoms with Crippen LogP contribution in [0.15, 0.2) is 40.6 Å². The molecular weight excluding hydrogens is 332 g/mol. The summed E-state index contributed by atoms with van der Waals surface area (Å²) in [5.41, 5.74) is 1.81. The number of thiophene rings is 1. The topological polar surface area (TPSA) is 66.5 Å². The van der Waals surface area contributed by atoms with E-state index in [1.165, 1.54) is 18.3 Å². The standard InChI is InChI=1S/C16H20N2O3S2/c1-12-5-4-6-15(11-12)18(14(3)19)10-9-17-23(20,21)16-8-7-13(2)22-16/h4-8,11,17H,9-10H2,1-3H3. The zero-order valence-corrected chi connectivity index (χ0v) is 15.0. The van der Waals surface area contributed by atoms with Gasteiger partial charge in [0, 0.05) is 30.6 Å². The Morgan fingerprint density at radius 2 is 1.96 bits per heavy atom. The summed E-state index contributed by atoms with van der Waals surface area (Å²) in [7, 11) is -3.52. The summed E-state index contributed by atoms with van der Waals surface area (Å²) in [6, 6.07) is 10.9. The molecule has 5 nitrogen and oxygen atoms in total. The normalized spacial score (nSPS) is 11.4. The Morgan fingerprint density at radius 3 is 2.52 bits per heavy atom. The number of hydrogen-bond acceptors (Lipinski definition) is 4. The van der Waals surface area contributed by atoms with Gasteiger partial charge in [-0.15, -0.1) is 11.3 Å². The highest BCUT2D eigenvalue weighted by Gasteiger charge is 2.17. The van der Waals surface area contributed by atoms with Crippen LogP contribution in [0.4, 0.5) is 5.69 Å². The first kappa shape index (κ1) is 17.7. The zero-order chi connectivity index (χ0) is 17.0. The monoisotopic (exact) mass is 352 g/mol. The molecular formula is C16H20N2O3S2. The number of rotatable bonds is 6. The Hall–Kier alpha value is -1.70. The van der Waals surface area contributed by atoms with E-state index in [0.717, 1.165) is 16.1 Å². The second kappa shape index (κ2) is 7.25. The number of nitrogens with zero attached hydrogens (tertiary/aromatic N) is 1. The van der Waals surface area contributed by atoms with Gasteiger partial charge in [0.05, 0.1) is 0 Å². The van der Waals surface area contributed by atoms with Crippen LogP contribution in [0.5, 0.6) is 0 Å². The lowest BCUT2D eigenvalue weighted by Crippen LogP contribution is -2.37. The van der Waals surface area contributed by atoms with E-state index in [2.05, 4.69) is 4.72 Å². The molecule has 7 heteroatoms. The van der Waals surface area contributed by atoms with Gasteiger partial charge in [0.2, 0.25) is 15.9 Å². The Balaban J connectivity index is 2.04. The number of carbonyl (C=O) groups excluding carboxylic acids is 1. The van der Waals surface area contributed by atoms with Crippen LogP contribution in [0.3, 0.4) is 0 Å². The molecule has 0 saturated carbocycles. The molecule has 124 valence electrons. The van der Waals surface area contributed by atoms with Crippen molar-refractivity contribution in [3.05, 3.63) is 46.8 Å². The number of nitrogens with one attached hydrogen (secondary N) is 1. The molecule has 0 aliphatic heterocycles. The molecule has 1 N–H and O–H groups in total. The molecule has 0 unspecified atom stereocenters. The Labute approximate surface area is 141 Å². The molecule has 0 aliphatic rings. The van der Waals surface area contributed by atoms with Crippen molar-refractivity contribution >= 4 is 33.0 Å². The summed E-state index contributed by atoms with van der Waals surface area (Å²) in [4.78, 5) is 14.3. The van der Waals surface area contributed by atoms with Gasteiger partial charge in [0.15, 0.2) is 0 Å². The van der Waals surface area contributed by atoms with Crippen LogP contribution in [0.1, 0.15) is 17.4 Å². The van der Waals surface area contributed by atoms with Crippen LogP contribution < -0.4 is 9.62 Å². The lowest BCUT2D eigenvalue weighted by atomic mass is 10.2. The van der Waals surface area contributed by atoms with Crippen molar-refractivity contribution in [3.8, 4) is 0 Å². The minimum absolute atomic E-state index is 0.123. The molecule has 0 fully saturated rings. The third kappa shape index (κ3) is 4.63. The van der Waals surface area contributed by atoms with Crippen molar-refractivity contribution in [1.82, 2.24) is 4.72 Å². The third-order valence-electron chi connectivity index (χ3n) is 3.30. The van der Waals surface area contributed by atoms with Gasteiger partial charge in [-0.05, 0) is 43.7 Å². The van der Waals surface area contributed by atoms with Gasteiger partial charge >= 0.3 is 0 Å². The maximum Gasteiger partial charge on any atom is 0.250 e. The van der Waals surface area contributed by atoms with Crippen molar-refractivity contribution in [2.45, 2.75) is 25.0 Å². The van der Waals surface area contributed by atoms with Crippen LogP contribution in [-0.2, 0) is 14.8 Å². The average molecular weight is 352 g/mol. The van der Waals surface area contributed by atoms with Gasteiger partial charge in [0.25, 0.3) is 0 Å². The molecule has 2 aromatic rings. The third-order valence-corrected chi connectivity index (χ3v) is 6.26. The SMILES string of the molecule is CC(=O)N(CCNS(=O)(=O)c1ccc(C)s1)c1cccc(C)c1. The fraction of sp³-hybridized carbons (Fsp3) is 0.312. The fourth-order valence-corrected chi connectivity index (χ4v) is 4.53. The first-order valence-corrected chi connectivity index (χ1v) is 9.50. The number of amides is 1. The molecule has 23 heavy (non-hydrogen) atoms. The van der Waals surface area contributed by atoms with Gasteiger partial charge in [-0.25, -0.2) is 13.1 Å².